The fourth-order valence-electron chi connectivity index (χ4n) is 3.99. The van der Waals surface area contributed by atoms with E-state index in [0.29, 0.717) is 5.92 Å². The second-order valence-electron chi connectivity index (χ2n) is 6.09. The number of rotatable bonds is 5. The van der Waals surface area contributed by atoms with Crippen LogP contribution in [0.2, 0.25) is 0 Å². The molecule has 2 aliphatic carbocycles. The van der Waals surface area contributed by atoms with Gasteiger partial charge in [0.2, 0.25) is 11.6 Å². The van der Waals surface area contributed by atoms with Crippen molar-refractivity contribution in [2.75, 3.05) is 10.7 Å². The van der Waals surface area contributed by atoms with Crippen LogP contribution < -0.4 is 16.6 Å². The summed E-state index contributed by atoms with van der Waals surface area (Å²) in [6.07, 6.45) is 6.40. The van der Waals surface area contributed by atoms with Crippen LogP contribution in [0.4, 0.5) is 17.3 Å². The zero-order chi connectivity index (χ0) is 15.0. The normalized spacial score (nSPS) is 28.4. The van der Waals surface area contributed by atoms with Crippen molar-refractivity contribution >= 4 is 17.3 Å². The number of hydrazine groups is 1. The number of hydrogen-bond acceptors (Lipinski definition) is 7. The molecule has 8 heteroatoms. The van der Waals surface area contributed by atoms with E-state index >= 15 is 0 Å². The van der Waals surface area contributed by atoms with Crippen LogP contribution in [0.1, 0.15) is 32.6 Å². The number of hydrogen-bond donors (Lipinski definition) is 3. The molecule has 2 aliphatic rings. The third-order valence-corrected chi connectivity index (χ3v) is 4.94. The van der Waals surface area contributed by atoms with Gasteiger partial charge in [-0.15, -0.1) is 0 Å². The van der Waals surface area contributed by atoms with Gasteiger partial charge >= 0.3 is 5.69 Å². The quantitative estimate of drug-likeness (QED) is 0.431. The fourth-order valence-corrected chi connectivity index (χ4v) is 3.99. The summed E-state index contributed by atoms with van der Waals surface area (Å²) in [6.45, 7) is 2.08. The van der Waals surface area contributed by atoms with Gasteiger partial charge in [0.15, 0.2) is 0 Å². The van der Waals surface area contributed by atoms with Crippen LogP contribution in [0.3, 0.4) is 0 Å². The van der Waals surface area contributed by atoms with Crippen molar-refractivity contribution in [2.45, 2.75) is 38.6 Å². The highest BCUT2D eigenvalue weighted by atomic mass is 16.6. The number of nitrogen functional groups attached to an aromatic ring is 1. The molecule has 2 bridgehead atoms. The summed E-state index contributed by atoms with van der Waals surface area (Å²) in [5, 5.41) is 14.4. The smallest absolute Gasteiger partial charge is 0.354 e. The standard InChI is InChI=1S/C13H20N6O2/c1-7(10-5-8-2-3-9(10)4-8)17-12-11(19(20)21)13(18-14)16-6-15-12/h6-10H,2-5,14H2,1H3,(H2,15,16,17,18). The number of aromatic nitrogens is 2. The Labute approximate surface area is 122 Å². The summed E-state index contributed by atoms with van der Waals surface area (Å²) in [7, 11) is 0. The predicted molar refractivity (Wildman–Crippen MR) is 78.5 cm³/mol. The van der Waals surface area contributed by atoms with E-state index in [9.17, 15) is 10.1 Å². The number of nitrogens with zero attached hydrogens (tertiary/aromatic N) is 3. The minimum atomic E-state index is -0.509. The van der Waals surface area contributed by atoms with Crippen LogP contribution in [0.5, 0.6) is 0 Å². The summed E-state index contributed by atoms with van der Waals surface area (Å²) in [5.41, 5.74) is 2.06. The Hall–Kier alpha value is -1.96. The van der Waals surface area contributed by atoms with E-state index in [0.717, 1.165) is 11.8 Å². The molecule has 4 N–H and O–H groups in total. The molecule has 8 nitrogen and oxygen atoms in total. The molecular formula is C13H20N6O2. The molecule has 0 radical (unpaired) electrons. The van der Waals surface area contributed by atoms with Crippen molar-refractivity contribution < 1.29 is 4.92 Å². The van der Waals surface area contributed by atoms with E-state index in [1.807, 2.05) is 0 Å². The Morgan fingerprint density at radius 1 is 1.38 bits per heavy atom. The van der Waals surface area contributed by atoms with Crippen LogP contribution in [-0.2, 0) is 0 Å². The molecule has 1 aromatic heterocycles. The SMILES string of the molecule is CC(Nc1ncnc(NN)c1[N+](=O)[O-])C1CC2CCC1C2. The van der Waals surface area contributed by atoms with E-state index in [2.05, 4.69) is 27.6 Å². The number of nitrogens with one attached hydrogen (secondary N) is 2. The van der Waals surface area contributed by atoms with Gasteiger partial charge < -0.3 is 10.7 Å². The highest BCUT2D eigenvalue weighted by Crippen LogP contribution is 2.50. The molecule has 2 fully saturated rings. The number of anilines is 2. The molecular weight excluding hydrogens is 272 g/mol. The average molecular weight is 292 g/mol. The third kappa shape index (κ3) is 2.51. The molecule has 0 spiro atoms. The van der Waals surface area contributed by atoms with Crippen molar-refractivity contribution in [3.8, 4) is 0 Å². The highest BCUT2D eigenvalue weighted by molar-refractivity contribution is 5.69. The largest absolute Gasteiger partial charge is 0.361 e. The second kappa shape index (κ2) is 5.44. The summed E-state index contributed by atoms with van der Waals surface area (Å²) in [5.74, 6) is 7.69. The number of fused-ring (bicyclic) bond motifs is 2. The molecule has 114 valence electrons. The van der Waals surface area contributed by atoms with Crippen LogP contribution >= 0.6 is 0 Å². The summed E-state index contributed by atoms with van der Waals surface area (Å²) >= 11 is 0. The Balaban J connectivity index is 1.79. The van der Waals surface area contributed by atoms with Crippen molar-refractivity contribution in [2.24, 2.45) is 23.6 Å². The monoisotopic (exact) mass is 292 g/mol. The first kappa shape index (κ1) is 14.0. The van der Waals surface area contributed by atoms with Gasteiger partial charge in [-0.25, -0.2) is 15.8 Å². The van der Waals surface area contributed by atoms with Gasteiger partial charge in [0, 0.05) is 6.04 Å². The Bertz CT molecular complexity index is 551. The zero-order valence-corrected chi connectivity index (χ0v) is 12.0. The lowest BCUT2D eigenvalue weighted by atomic mass is 9.84. The summed E-state index contributed by atoms with van der Waals surface area (Å²) in [6, 6.07) is 0.152. The maximum Gasteiger partial charge on any atom is 0.354 e. The van der Waals surface area contributed by atoms with Crippen molar-refractivity contribution in [1.82, 2.24) is 9.97 Å². The molecule has 3 rings (SSSR count). The third-order valence-electron chi connectivity index (χ3n) is 4.94. The van der Waals surface area contributed by atoms with Crippen LogP contribution in [0.25, 0.3) is 0 Å². The predicted octanol–water partition coefficient (Wildman–Crippen LogP) is 1.91. The molecule has 1 heterocycles. The van der Waals surface area contributed by atoms with Gasteiger partial charge in [-0.2, -0.15) is 0 Å². The molecule has 0 aliphatic heterocycles. The van der Waals surface area contributed by atoms with Crippen LogP contribution in [0.15, 0.2) is 6.33 Å². The van der Waals surface area contributed by atoms with E-state index in [1.54, 1.807) is 0 Å². The van der Waals surface area contributed by atoms with Gasteiger partial charge in [-0.3, -0.25) is 10.1 Å². The highest BCUT2D eigenvalue weighted by Gasteiger charge is 2.42. The maximum atomic E-state index is 11.2. The van der Waals surface area contributed by atoms with Gasteiger partial charge in [0.05, 0.1) is 4.92 Å². The molecule has 0 amide bonds. The van der Waals surface area contributed by atoms with E-state index < -0.39 is 4.92 Å². The molecule has 0 aromatic carbocycles. The van der Waals surface area contributed by atoms with Gasteiger partial charge in [0.1, 0.15) is 6.33 Å². The average Bonchev–Trinajstić information content (AvgIpc) is 3.09. The molecule has 21 heavy (non-hydrogen) atoms. The van der Waals surface area contributed by atoms with Crippen LogP contribution in [-0.4, -0.2) is 20.9 Å². The van der Waals surface area contributed by atoms with Gasteiger partial charge in [-0.05, 0) is 43.9 Å². The topological polar surface area (TPSA) is 119 Å². The van der Waals surface area contributed by atoms with Crippen molar-refractivity contribution in [3.05, 3.63) is 16.4 Å². The Morgan fingerprint density at radius 3 is 2.71 bits per heavy atom. The maximum absolute atomic E-state index is 11.2. The molecule has 4 unspecified atom stereocenters. The lowest BCUT2D eigenvalue weighted by molar-refractivity contribution is -0.383. The van der Waals surface area contributed by atoms with E-state index in [1.165, 1.54) is 32.0 Å². The number of nitrogens with two attached hydrogens (primary N) is 1. The first-order valence-corrected chi connectivity index (χ1v) is 7.32. The first-order chi connectivity index (χ1) is 10.1. The van der Waals surface area contributed by atoms with E-state index in [4.69, 9.17) is 5.84 Å². The Morgan fingerprint density at radius 2 is 2.14 bits per heavy atom. The molecule has 2 saturated carbocycles. The minimum Gasteiger partial charge on any atom is -0.361 e. The fraction of sp³-hybridized carbons (Fsp3) is 0.692. The summed E-state index contributed by atoms with van der Waals surface area (Å²) < 4.78 is 0. The lowest BCUT2D eigenvalue weighted by Crippen LogP contribution is -2.30. The summed E-state index contributed by atoms with van der Waals surface area (Å²) in [4.78, 5) is 18.5. The first-order valence-electron chi connectivity index (χ1n) is 7.32. The molecule has 0 saturated heterocycles. The van der Waals surface area contributed by atoms with Crippen LogP contribution in [0, 0.1) is 27.9 Å². The minimum absolute atomic E-state index is 0.0256. The molecule has 1 aromatic rings. The van der Waals surface area contributed by atoms with Crippen molar-refractivity contribution in [1.29, 1.82) is 0 Å². The van der Waals surface area contributed by atoms with Crippen molar-refractivity contribution in [3.63, 3.8) is 0 Å². The zero-order valence-electron chi connectivity index (χ0n) is 12.0. The molecule has 4 atom stereocenters. The van der Waals surface area contributed by atoms with Gasteiger partial charge in [0.25, 0.3) is 0 Å². The number of nitro groups is 1. The lowest BCUT2D eigenvalue weighted by Gasteiger charge is -2.28. The Kier molecular flexibility index (Phi) is 3.62. The second-order valence-corrected chi connectivity index (χ2v) is 6.09. The van der Waals surface area contributed by atoms with E-state index in [-0.39, 0.29) is 23.4 Å². The van der Waals surface area contributed by atoms with Gasteiger partial charge in [-0.1, -0.05) is 6.42 Å².